The van der Waals surface area contributed by atoms with Gasteiger partial charge in [0.25, 0.3) is 0 Å². The Morgan fingerprint density at radius 3 is 2.90 bits per heavy atom. The van der Waals surface area contributed by atoms with Crippen LogP contribution in [0.2, 0.25) is 0 Å². The molecule has 1 aromatic heterocycles. The molecule has 1 saturated heterocycles. The topological polar surface area (TPSA) is 39.1 Å². The molecule has 2 aromatic rings. The summed E-state index contributed by atoms with van der Waals surface area (Å²) in [5.74, 6) is 0.623. The Balaban J connectivity index is 1.89. The lowest BCUT2D eigenvalue weighted by Gasteiger charge is -2.13. The first-order valence-corrected chi connectivity index (χ1v) is 7.70. The molecule has 0 aliphatic carbocycles. The molecule has 0 amide bonds. The third-order valence-corrected chi connectivity index (χ3v) is 4.10. The average molecular weight is 285 g/mol. The molecule has 1 unspecified atom stereocenters. The fourth-order valence-corrected chi connectivity index (χ4v) is 2.90. The summed E-state index contributed by atoms with van der Waals surface area (Å²) in [6.45, 7) is 3.69. The number of imidazole rings is 1. The number of nitrogens with zero attached hydrogens (tertiary/aromatic N) is 2. The van der Waals surface area contributed by atoms with Gasteiger partial charge < -0.3 is 14.6 Å². The standard InChI is InChI=1S/C17H23N3O/c1-18-8-9-20-13-19-17(15-5-3-2-4-6-15)16(20)11-14-7-10-21-12-14/h2-6,13-14,18H,7-12H2,1H3. The highest BCUT2D eigenvalue weighted by Crippen LogP contribution is 2.27. The molecule has 1 aromatic carbocycles. The third-order valence-electron chi connectivity index (χ3n) is 4.10. The second-order valence-corrected chi connectivity index (χ2v) is 5.64. The van der Waals surface area contributed by atoms with Gasteiger partial charge in [-0.2, -0.15) is 0 Å². The van der Waals surface area contributed by atoms with Gasteiger partial charge in [0.1, 0.15) is 0 Å². The molecule has 0 radical (unpaired) electrons. The maximum absolute atomic E-state index is 5.53. The van der Waals surface area contributed by atoms with Crippen molar-refractivity contribution in [1.29, 1.82) is 0 Å². The minimum Gasteiger partial charge on any atom is -0.381 e. The first-order valence-electron chi connectivity index (χ1n) is 7.70. The second-order valence-electron chi connectivity index (χ2n) is 5.64. The molecule has 1 atom stereocenters. The van der Waals surface area contributed by atoms with Gasteiger partial charge in [0.05, 0.1) is 12.0 Å². The molecule has 0 bridgehead atoms. The Bertz CT molecular complexity index is 559. The van der Waals surface area contributed by atoms with Crippen molar-refractivity contribution in [2.45, 2.75) is 19.4 Å². The predicted octanol–water partition coefficient (Wildman–Crippen LogP) is 2.35. The molecule has 1 fully saturated rings. The molecule has 1 aliphatic rings. The zero-order chi connectivity index (χ0) is 14.5. The molecule has 2 heterocycles. The lowest BCUT2D eigenvalue weighted by atomic mass is 9.99. The predicted molar refractivity (Wildman–Crippen MR) is 84.2 cm³/mol. The third kappa shape index (κ3) is 3.34. The molecule has 0 spiro atoms. The van der Waals surface area contributed by atoms with Gasteiger partial charge in [-0.15, -0.1) is 0 Å². The normalized spacial score (nSPS) is 18.2. The summed E-state index contributed by atoms with van der Waals surface area (Å²) in [5, 5.41) is 3.21. The van der Waals surface area contributed by atoms with Crippen LogP contribution in [0.5, 0.6) is 0 Å². The van der Waals surface area contributed by atoms with Crippen molar-refractivity contribution in [2.24, 2.45) is 5.92 Å². The van der Waals surface area contributed by atoms with Gasteiger partial charge in [0, 0.05) is 37.6 Å². The highest BCUT2D eigenvalue weighted by atomic mass is 16.5. The van der Waals surface area contributed by atoms with E-state index in [0.29, 0.717) is 5.92 Å². The summed E-state index contributed by atoms with van der Waals surface area (Å²) in [7, 11) is 1.99. The SMILES string of the molecule is CNCCn1cnc(-c2ccccc2)c1CC1CCOC1. The fourth-order valence-electron chi connectivity index (χ4n) is 2.90. The van der Waals surface area contributed by atoms with Crippen LogP contribution in [0.25, 0.3) is 11.3 Å². The van der Waals surface area contributed by atoms with Crippen LogP contribution in [0.3, 0.4) is 0 Å². The van der Waals surface area contributed by atoms with Crippen LogP contribution < -0.4 is 5.32 Å². The smallest absolute Gasteiger partial charge is 0.0956 e. The van der Waals surface area contributed by atoms with Gasteiger partial charge >= 0.3 is 0 Å². The fraction of sp³-hybridized carbons (Fsp3) is 0.471. The summed E-state index contributed by atoms with van der Waals surface area (Å²) in [4.78, 5) is 4.68. The van der Waals surface area contributed by atoms with Crippen molar-refractivity contribution < 1.29 is 4.74 Å². The number of aromatic nitrogens is 2. The van der Waals surface area contributed by atoms with Gasteiger partial charge in [0.15, 0.2) is 0 Å². The van der Waals surface area contributed by atoms with Crippen LogP contribution in [-0.2, 0) is 17.7 Å². The number of ether oxygens (including phenoxy) is 1. The van der Waals surface area contributed by atoms with E-state index in [9.17, 15) is 0 Å². The number of hydrogen-bond donors (Lipinski definition) is 1. The maximum Gasteiger partial charge on any atom is 0.0956 e. The minimum atomic E-state index is 0.623. The molecule has 4 heteroatoms. The molecule has 3 rings (SSSR count). The van der Waals surface area contributed by atoms with Crippen molar-refractivity contribution in [3.8, 4) is 11.3 Å². The van der Waals surface area contributed by atoms with Crippen molar-refractivity contribution in [1.82, 2.24) is 14.9 Å². The van der Waals surface area contributed by atoms with E-state index >= 15 is 0 Å². The van der Waals surface area contributed by atoms with Gasteiger partial charge in [-0.3, -0.25) is 0 Å². The van der Waals surface area contributed by atoms with Crippen LogP contribution in [-0.4, -0.2) is 36.4 Å². The van der Waals surface area contributed by atoms with Crippen molar-refractivity contribution >= 4 is 0 Å². The molecule has 0 saturated carbocycles. The summed E-state index contributed by atoms with van der Waals surface area (Å²) in [5.41, 5.74) is 3.67. The largest absolute Gasteiger partial charge is 0.381 e. The lowest BCUT2D eigenvalue weighted by molar-refractivity contribution is 0.185. The zero-order valence-corrected chi connectivity index (χ0v) is 12.6. The van der Waals surface area contributed by atoms with Gasteiger partial charge in [-0.05, 0) is 25.8 Å². The van der Waals surface area contributed by atoms with E-state index in [0.717, 1.165) is 44.8 Å². The van der Waals surface area contributed by atoms with E-state index in [2.05, 4.69) is 39.1 Å². The lowest BCUT2D eigenvalue weighted by Crippen LogP contribution is -2.17. The van der Waals surface area contributed by atoms with Gasteiger partial charge in [-0.25, -0.2) is 4.98 Å². The second kappa shape index (κ2) is 6.87. The highest BCUT2D eigenvalue weighted by Gasteiger charge is 2.21. The monoisotopic (exact) mass is 285 g/mol. The number of nitrogens with one attached hydrogen (secondary N) is 1. The van der Waals surface area contributed by atoms with Crippen LogP contribution in [0, 0.1) is 5.92 Å². The molecule has 4 nitrogen and oxygen atoms in total. The van der Waals surface area contributed by atoms with Gasteiger partial charge in [0.2, 0.25) is 0 Å². The summed E-state index contributed by atoms with van der Waals surface area (Å²) in [6, 6.07) is 10.5. The maximum atomic E-state index is 5.53. The summed E-state index contributed by atoms with van der Waals surface area (Å²) in [6.07, 6.45) is 4.18. The van der Waals surface area contributed by atoms with Crippen molar-refractivity contribution in [3.63, 3.8) is 0 Å². The first-order chi connectivity index (χ1) is 10.4. The average Bonchev–Trinajstić information content (AvgIpc) is 3.17. The Hall–Kier alpha value is -1.65. The Morgan fingerprint density at radius 1 is 1.33 bits per heavy atom. The molecular weight excluding hydrogens is 262 g/mol. The molecule has 112 valence electrons. The van der Waals surface area contributed by atoms with E-state index in [1.807, 2.05) is 19.4 Å². The van der Waals surface area contributed by atoms with Crippen LogP contribution in [0.1, 0.15) is 12.1 Å². The molecule has 21 heavy (non-hydrogen) atoms. The minimum absolute atomic E-state index is 0.623. The van der Waals surface area contributed by atoms with Crippen LogP contribution in [0.15, 0.2) is 36.7 Å². The molecular formula is C17H23N3O. The van der Waals surface area contributed by atoms with E-state index in [4.69, 9.17) is 4.74 Å². The van der Waals surface area contributed by atoms with Gasteiger partial charge in [-0.1, -0.05) is 30.3 Å². The number of benzene rings is 1. The van der Waals surface area contributed by atoms with E-state index in [1.54, 1.807) is 0 Å². The summed E-state index contributed by atoms with van der Waals surface area (Å²) < 4.78 is 7.82. The Kier molecular flexibility index (Phi) is 4.68. The number of rotatable bonds is 6. The van der Waals surface area contributed by atoms with Crippen molar-refractivity contribution in [2.75, 3.05) is 26.8 Å². The number of likely N-dealkylation sites (N-methyl/N-ethyl adjacent to an activating group) is 1. The zero-order valence-electron chi connectivity index (χ0n) is 12.6. The molecule has 1 aliphatic heterocycles. The highest BCUT2D eigenvalue weighted by molar-refractivity contribution is 5.61. The van der Waals surface area contributed by atoms with Crippen molar-refractivity contribution in [3.05, 3.63) is 42.4 Å². The van der Waals surface area contributed by atoms with E-state index in [1.165, 1.54) is 11.3 Å². The Morgan fingerprint density at radius 2 is 2.19 bits per heavy atom. The molecule has 1 N–H and O–H groups in total. The Labute approximate surface area is 126 Å². The first kappa shape index (κ1) is 14.3. The van der Waals surface area contributed by atoms with E-state index < -0.39 is 0 Å². The van der Waals surface area contributed by atoms with Crippen LogP contribution >= 0.6 is 0 Å². The number of hydrogen-bond acceptors (Lipinski definition) is 3. The van der Waals surface area contributed by atoms with E-state index in [-0.39, 0.29) is 0 Å². The quantitative estimate of drug-likeness (QED) is 0.885. The van der Waals surface area contributed by atoms with Crippen LogP contribution in [0.4, 0.5) is 0 Å². The summed E-state index contributed by atoms with van der Waals surface area (Å²) >= 11 is 0.